The van der Waals surface area contributed by atoms with Crippen molar-refractivity contribution in [3.8, 4) is 0 Å². The Hall–Kier alpha value is -0.340. The van der Waals surface area contributed by atoms with E-state index in [9.17, 15) is 0 Å². The highest BCUT2D eigenvalue weighted by Gasteiger charge is 2.47. The van der Waals surface area contributed by atoms with E-state index in [4.69, 9.17) is 5.73 Å². The molecule has 13 heavy (non-hydrogen) atoms. The molecular formula is C11H17NS. The van der Waals surface area contributed by atoms with Gasteiger partial charge >= 0.3 is 0 Å². The number of thiophene rings is 1. The van der Waals surface area contributed by atoms with Gasteiger partial charge in [-0.3, -0.25) is 0 Å². The van der Waals surface area contributed by atoms with Gasteiger partial charge in [-0.2, -0.15) is 0 Å². The lowest BCUT2D eigenvalue weighted by atomic mass is 9.77. The number of aryl methyl sites for hydroxylation is 1. The van der Waals surface area contributed by atoms with Crippen LogP contribution < -0.4 is 5.73 Å². The minimum Gasteiger partial charge on any atom is -0.321 e. The van der Waals surface area contributed by atoms with Crippen LogP contribution >= 0.6 is 11.3 Å². The molecule has 0 saturated heterocycles. The lowest BCUT2D eigenvalue weighted by Gasteiger charge is -2.34. The van der Waals surface area contributed by atoms with Gasteiger partial charge in [0.2, 0.25) is 0 Å². The van der Waals surface area contributed by atoms with Crippen LogP contribution in [0.15, 0.2) is 6.07 Å². The molecule has 1 aliphatic carbocycles. The summed E-state index contributed by atoms with van der Waals surface area (Å²) >= 11 is 1.86. The minimum absolute atomic E-state index is 0.138. The summed E-state index contributed by atoms with van der Waals surface area (Å²) in [6.07, 6.45) is 1.12. The van der Waals surface area contributed by atoms with E-state index < -0.39 is 0 Å². The van der Waals surface area contributed by atoms with Gasteiger partial charge in [-0.25, -0.2) is 0 Å². The molecular weight excluding hydrogens is 178 g/mol. The largest absolute Gasteiger partial charge is 0.321 e. The second-order valence-electron chi connectivity index (χ2n) is 4.97. The van der Waals surface area contributed by atoms with Gasteiger partial charge in [-0.05, 0) is 37.3 Å². The van der Waals surface area contributed by atoms with E-state index in [2.05, 4.69) is 33.8 Å². The smallest absolute Gasteiger partial charge is 0.0532 e. The fraction of sp³-hybridized carbons (Fsp3) is 0.636. The molecule has 1 aromatic heterocycles. The normalized spacial score (nSPS) is 30.5. The maximum absolute atomic E-state index is 6.39. The van der Waals surface area contributed by atoms with Crippen LogP contribution in [0.2, 0.25) is 0 Å². The predicted molar refractivity (Wildman–Crippen MR) is 58.1 cm³/mol. The van der Waals surface area contributed by atoms with Crippen LogP contribution in [0.5, 0.6) is 0 Å². The predicted octanol–water partition coefficient (Wildman–Crippen LogP) is 2.81. The molecule has 2 rings (SSSR count). The Balaban J connectivity index is 2.57. The molecule has 1 nitrogen and oxygen atoms in total. The van der Waals surface area contributed by atoms with Gasteiger partial charge in [-0.1, -0.05) is 13.8 Å². The molecule has 1 atom stereocenters. The summed E-state index contributed by atoms with van der Waals surface area (Å²) in [6.45, 7) is 8.84. The third kappa shape index (κ3) is 1.09. The zero-order valence-corrected chi connectivity index (χ0v) is 9.59. The molecule has 0 saturated carbocycles. The van der Waals surface area contributed by atoms with E-state index in [-0.39, 0.29) is 11.0 Å². The molecule has 0 amide bonds. The quantitative estimate of drug-likeness (QED) is 0.677. The molecule has 1 aliphatic rings. The Morgan fingerprint density at radius 1 is 1.38 bits per heavy atom. The molecule has 72 valence electrons. The third-order valence-corrected chi connectivity index (χ3v) is 4.77. The van der Waals surface area contributed by atoms with Crippen molar-refractivity contribution in [3.63, 3.8) is 0 Å². The van der Waals surface area contributed by atoms with Crippen molar-refractivity contribution in [1.82, 2.24) is 0 Å². The third-order valence-electron chi connectivity index (χ3n) is 3.44. The first kappa shape index (κ1) is 9.22. The zero-order chi connectivity index (χ0) is 9.85. The number of rotatable bonds is 0. The van der Waals surface area contributed by atoms with E-state index in [1.807, 2.05) is 11.3 Å². The van der Waals surface area contributed by atoms with E-state index >= 15 is 0 Å². The molecule has 0 fully saturated rings. The minimum atomic E-state index is -0.138. The SMILES string of the molecule is Cc1cc2c(s1)C(C)(N)C(C)(C)C2. The van der Waals surface area contributed by atoms with Crippen molar-refractivity contribution in [1.29, 1.82) is 0 Å². The van der Waals surface area contributed by atoms with E-state index in [0.29, 0.717) is 0 Å². The lowest BCUT2D eigenvalue weighted by molar-refractivity contribution is 0.214. The molecule has 1 aromatic rings. The Labute approximate surface area is 84.0 Å². The Morgan fingerprint density at radius 3 is 2.54 bits per heavy atom. The Kier molecular flexibility index (Phi) is 1.68. The Bertz CT molecular complexity index is 347. The summed E-state index contributed by atoms with van der Waals surface area (Å²) in [5.41, 5.74) is 7.93. The highest BCUT2D eigenvalue weighted by molar-refractivity contribution is 7.12. The van der Waals surface area contributed by atoms with Gasteiger partial charge in [0.15, 0.2) is 0 Å². The summed E-state index contributed by atoms with van der Waals surface area (Å²) in [7, 11) is 0. The van der Waals surface area contributed by atoms with Gasteiger partial charge < -0.3 is 5.73 Å². The van der Waals surface area contributed by atoms with Crippen molar-refractivity contribution < 1.29 is 0 Å². The highest BCUT2D eigenvalue weighted by atomic mass is 32.1. The molecule has 0 bridgehead atoms. The molecule has 2 N–H and O–H groups in total. The average Bonchev–Trinajstić information content (AvgIpc) is 2.35. The van der Waals surface area contributed by atoms with Crippen molar-refractivity contribution in [2.45, 2.75) is 39.7 Å². The first-order valence-electron chi connectivity index (χ1n) is 4.73. The topological polar surface area (TPSA) is 26.0 Å². The van der Waals surface area contributed by atoms with Crippen molar-refractivity contribution in [2.75, 3.05) is 0 Å². The van der Waals surface area contributed by atoms with E-state index in [1.54, 1.807) is 0 Å². The van der Waals surface area contributed by atoms with Gasteiger partial charge in [0, 0.05) is 9.75 Å². The fourth-order valence-corrected chi connectivity index (χ4v) is 3.38. The number of hydrogen-bond acceptors (Lipinski definition) is 2. The van der Waals surface area contributed by atoms with Gasteiger partial charge in [0.1, 0.15) is 0 Å². The molecule has 0 spiro atoms. The van der Waals surface area contributed by atoms with Crippen LogP contribution in [0.4, 0.5) is 0 Å². The van der Waals surface area contributed by atoms with Gasteiger partial charge in [0.05, 0.1) is 5.54 Å². The summed E-state index contributed by atoms with van der Waals surface area (Å²) < 4.78 is 0. The second-order valence-corrected chi connectivity index (χ2v) is 6.23. The number of fused-ring (bicyclic) bond motifs is 1. The molecule has 2 heteroatoms. The summed E-state index contributed by atoms with van der Waals surface area (Å²) in [5, 5.41) is 0. The number of hydrogen-bond donors (Lipinski definition) is 1. The summed E-state index contributed by atoms with van der Waals surface area (Å²) in [4.78, 5) is 2.78. The van der Waals surface area contributed by atoms with Crippen LogP contribution in [0.1, 0.15) is 36.1 Å². The Morgan fingerprint density at radius 2 is 2.00 bits per heavy atom. The van der Waals surface area contributed by atoms with Crippen LogP contribution in [0.3, 0.4) is 0 Å². The summed E-state index contributed by atoms with van der Waals surface area (Å²) in [5.74, 6) is 0. The molecule has 0 aromatic carbocycles. The van der Waals surface area contributed by atoms with Crippen LogP contribution in [-0.2, 0) is 12.0 Å². The summed E-state index contributed by atoms with van der Waals surface area (Å²) in [6, 6.07) is 2.29. The van der Waals surface area contributed by atoms with Crippen LogP contribution in [0.25, 0.3) is 0 Å². The van der Waals surface area contributed by atoms with E-state index in [1.165, 1.54) is 15.3 Å². The van der Waals surface area contributed by atoms with Crippen molar-refractivity contribution in [3.05, 3.63) is 21.4 Å². The first-order valence-corrected chi connectivity index (χ1v) is 5.55. The monoisotopic (exact) mass is 195 g/mol. The van der Waals surface area contributed by atoms with Crippen molar-refractivity contribution in [2.24, 2.45) is 11.1 Å². The highest BCUT2D eigenvalue weighted by Crippen LogP contribution is 2.50. The van der Waals surface area contributed by atoms with Gasteiger partial charge in [-0.15, -0.1) is 11.3 Å². The van der Waals surface area contributed by atoms with E-state index in [0.717, 1.165) is 6.42 Å². The second kappa shape index (κ2) is 2.37. The van der Waals surface area contributed by atoms with Crippen LogP contribution in [0, 0.1) is 12.3 Å². The van der Waals surface area contributed by atoms with Gasteiger partial charge in [0.25, 0.3) is 0 Å². The zero-order valence-electron chi connectivity index (χ0n) is 8.77. The van der Waals surface area contributed by atoms with Crippen LogP contribution in [-0.4, -0.2) is 0 Å². The fourth-order valence-electron chi connectivity index (χ4n) is 2.10. The molecule has 0 aliphatic heterocycles. The van der Waals surface area contributed by atoms with Crippen molar-refractivity contribution >= 4 is 11.3 Å². The lowest BCUT2D eigenvalue weighted by Crippen LogP contribution is -2.43. The molecule has 1 heterocycles. The standard InChI is InChI=1S/C11H17NS/c1-7-5-8-6-10(2,3)11(4,12)9(8)13-7/h5H,6,12H2,1-4H3. The maximum atomic E-state index is 6.39. The maximum Gasteiger partial charge on any atom is 0.0532 e. The number of nitrogens with two attached hydrogens (primary N) is 1. The molecule has 0 radical (unpaired) electrons. The molecule has 1 unspecified atom stereocenters. The average molecular weight is 195 g/mol. The first-order chi connectivity index (χ1) is 5.84.